The van der Waals surface area contributed by atoms with Crippen LogP contribution in [0.5, 0.6) is 0 Å². The number of ether oxygens (including phenoxy) is 1. The van der Waals surface area contributed by atoms with Crippen LogP contribution in [-0.2, 0) is 16.1 Å². The minimum Gasteiger partial charge on any atom is -0.370 e. The first-order valence-corrected chi connectivity index (χ1v) is 10.8. The number of fused-ring (bicyclic) bond motifs is 2. The van der Waals surface area contributed by atoms with Gasteiger partial charge in [-0.05, 0) is 57.6 Å². The molecule has 0 spiro atoms. The standard InChI is InChI=1S/C22H23Cl2NO3/c1-22(9-13-7-8-14(10-22)20(13)26)27-11-15-19(25-28-21(15)12-5-6-12)18-16(23)3-2-4-17(18)24/h2-4,12-14H,5-11H2,1H3/t13-,14+,22?. The number of rotatable bonds is 5. The average Bonchev–Trinajstić information content (AvgIpc) is 3.38. The molecule has 148 valence electrons. The maximum atomic E-state index is 12.3. The molecule has 2 bridgehead atoms. The van der Waals surface area contributed by atoms with E-state index < -0.39 is 0 Å². The van der Waals surface area contributed by atoms with Crippen molar-refractivity contribution < 1.29 is 14.1 Å². The molecule has 5 rings (SSSR count). The van der Waals surface area contributed by atoms with Gasteiger partial charge in [0, 0.05) is 28.9 Å². The van der Waals surface area contributed by atoms with E-state index in [1.807, 2.05) is 18.2 Å². The van der Waals surface area contributed by atoms with Crippen LogP contribution in [0, 0.1) is 11.8 Å². The highest BCUT2D eigenvalue weighted by Gasteiger charge is 2.47. The minimum atomic E-state index is -0.292. The van der Waals surface area contributed by atoms with Crippen LogP contribution in [0.4, 0.5) is 0 Å². The number of hydrogen-bond acceptors (Lipinski definition) is 4. The molecule has 2 aromatic rings. The maximum absolute atomic E-state index is 12.3. The Kier molecular flexibility index (Phi) is 4.57. The summed E-state index contributed by atoms with van der Waals surface area (Å²) in [5.74, 6) is 2.05. The van der Waals surface area contributed by atoms with E-state index in [-0.39, 0.29) is 17.4 Å². The van der Waals surface area contributed by atoms with Crippen molar-refractivity contribution in [3.05, 3.63) is 39.6 Å². The zero-order valence-corrected chi connectivity index (χ0v) is 17.4. The quantitative estimate of drug-likeness (QED) is 0.579. The zero-order valence-electron chi connectivity index (χ0n) is 15.8. The van der Waals surface area contributed by atoms with E-state index in [0.29, 0.717) is 39.6 Å². The summed E-state index contributed by atoms with van der Waals surface area (Å²) in [4.78, 5) is 12.3. The van der Waals surface area contributed by atoms with E-state index in [9.17, 15) is 4.79 Å². The van der Waals surface area contributed by atoms with Crippen LogP contribution < -0.4 is 0 Å². The zero-order chi connectivity index (χ0) is 19.5. The molecule has 6 heteroatoms. The third kappa shape index (κ3) is 3.20. The van der Waals surface area contributed by atoms with Crippen molar-refractivity contribution in [1.29, 1.82) is 0 Å². The first-order chi connectivity index (χ1) is 13.5. The Morgan fingerprint density at radius 2 is 1.71 bits per heavy atom. The van der Waals surface area contributed by atoms with Crippen LogP contribution in [0.25, 0.3) is 11.3 Å². The third-order valence-electron chi connectivity index (χ3n) is 6.56. The number of aromatic nitrogens is 1. The van der Waals surface area contributed by atoms with Crippen LogP contribution >= 0.6 is 23.2 Å². The molecule has 0 radical (unpaired) electrons. The van der Waals surface area contributed by atoms with Gasteiger partial charge in [-0.3, -0.25) is 4.79 Å². The summed E-state index contributed by atoms with van der Waals surface area (Å²) in [7, 11) is 0. The van der Waals surface area contributed by atoms with Crippen molar-refractivity contribution in [2.24, 2.45) is 11.8 Å². The van der Waals surface area contributed by atoms with E-state index >= 15 is 0 Å². The van der Waals surface area contributed by atoms with Gasteiger partial charge in [-0.15, -0.1) is 0 Å². The highest BCUT2D eigenvalue weighted by Crippen LogP contribution is 2.48. The number of carbonyl (C=O) groups excluding carboxylic acids is 1. The smallest absolute Gasteiger partial charge is 0.145 e. The summed E-state index contributed by atoms with van der Waals surface area (Å²) in [6.45, 7) is 2.54. The number of ketones is 1. The number of carbonyl (C=O) groups is 1. The lowest BCUT2D eigenvalue weighted by atomic mass is 9.77. The van der Waals surface area contributed by atoms with Crippen molar-refractivity contribution in [3.63, 3.8) is 0 Å². The SMILES string of the molecule is CC1(OCc2c(-c3c(Cl)cccc3Cl)noc2C2CC2)C[C@H]2CC[C@@H](C1)C2=O. The van der Waals surface area contributed by atoms with Crippen LogP contribution in [0.15, 0.2) is 22.7 Å². The van der Waals surface area contributed by atoms with Gasteiger partial charge in [0.2, 0.25) is 0 Å². The molecule has 0 N–H and O–H groups in total. The summed E-state index contributed by atoms with van der Waals surface area (Å²) < 4.78 is 12.2. The summed E-state index contributed by atoms with van der Waals surface area (Å²) in [5.41, 5.74) is 2.03. The monoisotopic (exact) mass is 419 g/mol. The average molecular weight is 420 g/mol. The number of Topliss-reactive ketones (excluding diaryl/α,β-unsaturated/α-hetero) is 1. The van der Waals surface area contributed by atoms with Gasteiger partial charge >= 0.3 is 0 Å². The van der Waals surface area contributed by atoms with E-state index in [1.165, 1.54) is 0 Å². The van der Waals surface area contributed by atoms with E-state index in [4.69, 9.17) is 32.5 Å². The lowest BCUT2D eigenvalue weighted by Crippen LogP contribution is -2.40. The molecule has 0 saturated heterocycles. The highest BCUT2D eigenvalue weighted by molar-refractivity contribution is 6.39. The highest BCUT2D eigenvalue weighted by atomic mass is 35.5. The van der Waals surface area contributed by atoms with Gasteiger partial charge in [-0.25, -0.2) is 0 Å². The van der Waals surface area contributed by atoms with Crippen molar-refractivity contribution >= 4 is 29.0 Å². The van der Waals surface area contributed by atoms with Crippen LogP contribution in [-0.4, -0.2) is 16.5 Å². The van der Waals surface area contributed by atoms with Gasteiger partial charge in [0.05, 0.1) is 22.3 Å². The van der Waals surface area contributed by atoms with Gasteiger partial charge in [-0.2, -0.15) is 0 Å². The van der Waals surface area contributed by atoms with Crippen molar-refractivity contribution in [3.8, 4) is 11.3 Å². The van der Waals surface area contributed by atoms with Crippen molar-refractivity contribution in [1.82, 2.24) is 5.16 Å². The Bertz CT molecular complexity index is 898. The summed E-state index contributed by atoms with van der Waals surface area (Å²) in [6.07, 6.45) is 5.82. The van der Waals surface area contributed by atoms with Gasteiger partial charge in [0.25, 0.3) is 0 Å². The first-order valence-electron chi connectivity index (χ1n) is 10.1. The predicted octanol–water partition coefficient (Wildman–Crippen LogP) is 6.19. The van der Waals surface area contributed by atoms with Crippen LogP contribution in [0.3, 0.4) is 0 Å². The molecule has 4 nitrogen and oxygen atoms in total. The fourth-order valence-electron chi connectivity index (χ4n) is 4.96. The molecular weight excluding hydrogens is 397 g/mol. The largest absolute Gasteiger partial charge is 0.370 e. The van der Waals surface area contributed by atoms with Crippen LogP contribution in [0.2, 0.25) is 10.0 Å². The van der Waals surface area contributed by atoms with Gasteiger partial charge in [-0.1, -0.05) is 34.4 Å². The summed E-state index contributed by atoms with van der Waals surface area (Å²) in [6, 6.07) is 5.44. The van der Waals surface area contributed by atoms with Gasteiger partial charge < -0.3 is 9.26 Å². The lowest BCUT2D eigenvalue weighted by molar-refractivity contribution is -0.138. The van der Waals surface area contributed by atoms with Crippen LogP contribution in [0.1, 0.15) is 62.7 Å². The minimum absolute atomic E-state index is 0.159. The van der Waals surface area contributed by atoms with E-state index in [2.05, 4.69) is 12.1 Å². The molecule has 0 aliphatic heterocycles. The maximum Gasteiger partial charge on any atom is 0.145 e. The topological polar surface area (TPSA) is 52.3 Å². The molecule has 0 amide bonds. The van der Waals surface area contributed by atoms with Crippen molar-refractivity contribution in [2.75, 3.05) is 0 Å². The molecule has 28 heavy (non-hydrogen) atoms. The second-order valence-corrected chi connectivity index (χ2v) is 9.58. The number of halogens is 2. The molecule has 3 fully saturated rings. The molecular formula is C22H23Cl2NO3. The van der Waals surface area contributed by atoms with E-state index in [1.54, 1.807) is 0 Å². The van der Waals surface area contributed by atoms with Gasteiger partial charge in [0.1, 0.15) is 17.2 Å². The molecule has 3 aliphatic rings. The fourth-order valence-corrected chi connectivity index (χ4v) is 5.54. The molecule has 3 saturated carbocycles. The fraction of sp³-hybridized carbons (Fsp3) is 0.545. The second kappa shape index (κ2) is 6.86. The van der Waals surface area contributed by atoms with Gasteiger partial charge in [0.15, 0.2) is 0 Å². The van der Waals surface area contributed by atoms with E-state index in [0.717, 1.165) is 49.8 Å². The Morgan fingerprint density at radius 3 is 2.32 bits per heavy atom. The molecule has 1 unspecified atom stereocenters. The normalized spacial score (nSPS) is 29.5. The first kappa shape index (κ1) is 18.7. The number of nitrogens with zero attached hydrogens (tertiary/aromatic N) is 1. The second-order valence-electron chi connectivity index (χ2n) is 8.77. The number of benzene rings is 1. The Balaban J connectivity index is 1.45. The Morgan fingerprint density at radius 1 is 1.11 bits per heavy atom. The molecule has 1 aromatic carbocycles. The predicted molar refractivity (Wildman–Crippen MR) is 108 cm³/mol. The summed E-state index contributed by atoms with van der Waals surface area (Å²) in [5, 5.41) is 5.44. The third-order valence-corrected chi connectivity index (χ3v) is 7.19. The number of hydrogen-bond donors (Lipinski definition) is 0. The molecule has 3 atom stereocenters. The molecule has 1 aromatic heterocycles. The molecule has 3 aliphatic carbocycles. The summed E-state index contributed by atoms with van der Waals surface area (Å²) >= 11 is 12.9. The van der Waals surface area contributed by atoms with Crippen molar-refractivity contribution in [2.45, 2.75) is 63.6 Å². The Labute approximate surface area is 174 Å². The molecule has 1 heterocycles. The Hall–Kier alpha value is -1.36. The lowest BCUT2D eigenvalue weighted by Gasteiger charge is -2.37.